The van der Waals surface area contributed by atoms with Crippen molar-refractivity contribution in [2.24, 2.45) is 23.7 Å². The third-order valence-corrected chi connectivity index (χ3v) is 7.62. The van der Waals surface area contributed by atoms with Gasteiger partial charge in [0.2, 0.25) is 0 Å². The average molecular weight is 428 g/mol. The van der Waals surface area contributed by atoms with Crippen molar-refractivity contribution in [2.45, 2.75) is 74.2 Å². The minimum Gasteiger partial charge on any atom is -0.377 e. The summed E-state index contributed by atoms with van der Waals surface area (Å²) in [5.41, 5.74) is 0. The zero-order chi connectivity index (χ0) is 16.1. The van der Waals surface area contributed by atoms with E-state index >= 15 is 0 Å². The Morgan fingerprint density at radius 1 is 0.739 bits per heavy atom. The fourth-order valence-corrected chi connectivity index (χ4v) is 5.36. The summed E-state index contributed by atoms with van der Waals surface area (Å²) in [4.78, 5) is 0. The molecule has 2 unspecified atom stereocenters. The second-order valence-corrected chi connectivity index (χ2v) is 9.78. The molecule has 2 atom stereocenters. The first-order valence-electron chi connectivity index (χ1n) is 9.81. The van der Waals surface area contributed by atoms with E-state index in [9.17, 15) is 0 Å². The number of hydrogen-bond donors (Lipinski definition) is 0. The molecule has 0 N–H and O–H groups in total. The standard InChI is InChI=1S/C21H33IO/c1-2-16-9-14-21(23-15-16)19-10-5-17(6-11-19)3-4-18-7-12-20(22)13-8-18/h2-4,16-21H,1,5-15H2/b4-3+. The number of ether oxygens (including phenoxy) is 1. The number of hydrogen-bond acceptors (Lipinski definition) is 1. The summed E-state index contributed by atoms with van der Waals surface area (Å²) in [5.74, 6) is 3.13. The van der Waals surface area contributed by atoms with Crippen molar-refractivity contribution in [2.75, 3.05) is 6.61 Å². The van der Waals surface area contributed by atoms with Crippen LogP contribution in [-0.2, 0) is 4.74 Å². The lowest BCUT2D eigenvalue weighted by atomic mass is 9.76. The second kappa shape index (κ2) is 9.03. The summed E-state index contributed by atoms with van der Waals surface area (Å²) >= 11 is 2.62. The normalized spacial score (nSPS) is 42.7. The largest absolute Gasteiger partial charge is 0.377 e. The molecule has 0 bridgehead atoms. The Bertz CT molecular complexity index is 381. The van der Waals surface area contributed by atoms with Gasteiger partial charge in [-0.2, -0.15) is 0 Å². The number of halogens is 1. The monoisotopic (exact) mass is 428 g/mol. The van der Waals surface area contributed by atoms with E-state index in [-0.39, 0.29) is 0 Å². The van der Waals surface area contributed by atoms with Crippen LogP contribution in [-0.4, -0.2) is 16.6 Å². The molecule has 0 aromatic rings. The van der Waals surface area contributed by atoms with E-state index in [0.717, 1.165) is 28.3 Å². The molecule has 0 amide bonds. The Morgan fingerprint density at radius 2 is 1.30 bits per heavy atom. The maximum atomic E-state index is 6.13. The quantitative estimate of drug-likeness (QED) is 0.289. The summed E-state index contributed by atoms with van der Waals surface area (Å²) in [6, 6.07) is 0. The second-order valence-electron chi connectivity index (χ2n) is 8.02. The topological polar surface area (TPSA) is 9.23 Å². The van der Waals surface area contributed by atoms with Crippen LogP contribution >= 0.6 is 22.6 Å². The molecule has 3 aliphatic rings. The van der Waals surface area contributed by atoms with Gasteiger partial charge in [0.1, 0.15) is 0 Å². The van der Waals surface area contributed by atoms with Crippen molar-refractivity contribution < 1.29 is 4.74 Å². The molecule has 0 spiro atoms. The molecule has 0 radical (unpaired) electrons. The summed E-state index contributed by atoms with van der Waals surface area (Å²) in [6.07, 6.45) is 21.5. The Morgan fingerprint density at radius 3 is 1.83 bits per heavy atom. The molecule has 0 aromatic carbocycles. The van der Waals surface area contributed by atoms with Crippen LogP contribution in [0.25, 0.3) is 0 Å². The van der Waals surface area contributed by atoms with Crippen molar-refractivity contribution in [1.29, 1.82) is 0 Å². The Kier molecular flexibility index (Phi) is 7.06. The molecule has 0 aromatic heterocycles. The van der Waals surface area contributed by atoms with Gasteiger partial charge in [0, 0.05) is 9.84 Å². The van der Waals surface area contributed by atoms with Crippen LogP contribution in [0, 0.1) is 23.7 Å². The smallest absolute Gasteiger partial charge is 0.0603 e. The lowest BCUT2D eigenvalue weighted by Crippen LogP contribution is -2.33. The van der Waals surface area contributed by atoms with Crippen LogP contribution in [0.15, 0.2) is 24.8 Å². The zero-order valence-corrected chi connectivity index (χ0v) is 16.6. The summed E-state index contributed by atoms with van der Waals surface area (Å²) in [6.45, 7) is 4.82. The highest BCUT2D eigenvalue weighted by Crippen LogP contribution is 2.37. The van der Waals surface area contributed by atoms with Gasteiger partial charge < -0.3 is 4.74 Å². The zero-order valence-electron chi connectivity index (χ0n) is 14.5. The van der Waals surface area contributed by atoms with Gasteiger partial charge in [-0.1, -0.05) is 40.8 Å². The molecule has 2 aliphatic carbocycles. The molecule has 130 valence electrons. The van der Waals surface area contributed by atoms with E-state index in [1.807, 2.05) is 0 Å². The Labute approximate surface area is 156 Å². The fraction of sp³-hybridized carbons (Fsp3) is 0.810. The minimum absolute atomic E-state index is 0.537. The van der Waals surface area contributed by atoms with E-state index in [1.54, 1.807) is 0 Å². The summed E-state index contributed by atoms with van der Waals surface area (Å²) in [7, 11) is 0. The lowest BCUT2D eigenvalue weighted by Gasteiger charge is -2.37. The van der Waals surface area contributed by atoms with Gasteiger partial charge >= 0.3 is 0 Å². The molecule has 1 saturated heterocycles. The van der Waals surface area contributed by atoms with Crippen molar-refractivity contribution in [3.63, 3.8) is 0 Å². The highest BCUT2D eigenvalue weighted by molar-refractivity contribution is 14.1. The molecule has 3 rings (SSSR count). The van der Waals surface area contributed by atoms with Crippen molar-refractivity contribution in [3.05, 3.63) is 24.8 Å². The van der Waals surface area contributed by atoms with E-state index in [0.29, 0.717) is 12.0 Å². The molecule has 1 aliphatic heterocycles. The van der Waals surface area contributed by atoms with Gasteiger partial charge in [0.05, 0.1) is 12.7 Å². The predicted molar refractivity (Wildman–Crippen MR) is 107 cm³/mol. The summed E-state index contributed by atoms with van der Waals surface area (Å²) < 4.78 is 7.07. The van der Waals surface area contributed by atoms with Crippen LogP contribution in [0.2, 0.25) is 0 Å². The van der Waals surface area contributed by atoms with Crippen molar-refractivity contribution >= 4 is 22.6 Å². The van der Waals surface area contributed by atoms with E-state index in [1.165, 1.54) is 64.2 Å². The molecule has 1 nitrogen and oxygen atoms in total. The molecule has 2 saturated carbocycles. The molecular weight excluding hydrogens is 395 g/mol. The minimum atomic E-state index is 0.537. The molecule has 2 heteroatoms. The average Bonchev–Trinajstić information content (AvgIpc) is 2.62. The first-order valence-corrected chi connectivity index (χ1v) is 11.1. The number of rotatable bonds is 4. The summed E-state index contributed by atoms with van der Waals surface area (Å²) in [5, 5.41) is 0. The van der Waals surface area contributed by atoms with Crippen LogP contribution in [0.5, 0.6) is 0 Å². The lowest BCUT2D eigenvalue weighted by molar-refractivity contribution is -0.0477. The van der Waals surface area contributed by atoms with Crippen LogP contribution < -0.4 is 0 Å². The van der Waals surface area contributed by atoms with Crippen molar-refractivity contribution in [3.8, 4) is 0 Å². The third kappa shape index (κ3) is 5.32. The van der Waals surface area contributed by atoms with Gasteiger partial charge in [-0.05, 0) is 82.0 Å². The van der Waals surface area contributed by atoms with Gasteiger partial charge in [0.25, 0.3) is 0 Å². The molecule has 3 fully saturated rings. The van der Waals surface area contributed by atoms with Gasteiger partial charge in [0.15, 0.2) is 0 Å². The SMILES string of the molecule is C=CC1CCC(C2CCC(/C=C/C3CCC(I)CC3)CC2)OC1. The van der Waals surface area contributed by atoms with Crippen LogP contribution in [0.3, 0.4) is 0 Å². The van der Waals surface area contributed by atoms with E-state index in [4.69, 9.17) is 4.74 Å². The predicted octanol–water partition coefficient (Wildman–Crippen LogP) is 6.32. The molecule has 1 heterocycles. The van der Waals surface area contributed by atoms with Crippen LogP contribution in [0.1, 0.15) is 64.2 Å². The van der Waals surface area contributed by atoms with Crippen LogP contribution in [0.4, 0.5) is 0 Å². The molecular formula is C21H33IO. The van der Waals surface area contributed by atoms with Gasteiger partial charge in [-0.25, -0.2) is 0 Å². The van der Waals surface area contributed by atoms with Gasteiger partial charge in [-0.15, -0.1) is 6.58 Å². The maximum absolute atomic E-state index is 6.13. The highest BCUT2D eigenvalue weighted by atomic mass is 127. The fourth-order valence-electron chi connectivity index (χ4n) is 4.64. The number of alkyl halides is 1. The number of allylic oxidation sites excluding steroid dienone is 2. The Hall–Kier alpha value is 0.170. The van der Waals surface area contributed by atoms with Crippen molar-refractivity contribution in [1.82, 2.24) is 0 Å². The highest BCUT2D eigenvalue weighted by Gasteiger charge is 2.30. The van der Waals surface area contributed by atoms with E-state index < -0.39 is 0 Å². The molecule has 23 heavy (non-hydrogen) atoms. The maximum Gasteiger partial charge on any atom is 0.0603 e. The Balaban J connectivity index is 1.38. The first-order chi connectivity index (χ1) is 11.2. The van der Waals surface area contributed by atoms with E-state index in [2.05, 4.69) is 47.4 Å². The first kappa shape index (κ1) is 18.0. The van der Waals surface area contributed by atoms with Gasteiger partial charge in [-0.3, -0.25) is 0 Å². The third-order valence-electron chi connectivity index (χ3n) is 6.38.